The van der Waals surface area contributed by atoms with E-state index in [9.17, 15) is 19.4 Å². The molecule has 0 radical (unpaired) electrons. The Hall–Kier alpha value is -0.500. The van der Waals surface area contributed by atoms with Crippen LogP contribution < -0.4 is 5.32 Å². The molecule has 0 bridgehead atoms. The molecule has 0 aromatic carbocycles. The molecule has 0 spiro atoms. The SMILES string of the molecule is CCCCCCCCCCCCCCCCCCCCCCCCCCCCC(=O)NC(COP(=O)(O)OCC[N+](C)(C)C)C(O)CCCCCCCCCCCCCCCCCCCCCCC. The number of amides is 1. The first-order chi connectivity index (χ1) is 33.5. The van der Waals surface area contributed by atoms with Gasteiger partial charge in [0.05, 0.1) is 39.9 Å². The monoisotopic (exact) mass is 1000 g/mol. The average molecular weight is 1000 g/mol. The molecule has 69 heavy (non-hydrogen) atoms. The normalized spacial score (nSPS) is 13.8. The zero-order chi connectivity index (χ0) is 50.6. The molecule has 0 saturated carbocycles. The van der Waals surface area contributed by atoms with Crippen LogP contribution in [0.1, 0.15) is 328 Å². The van der Waals surface area contributed by atoms with Gasteiger partial charge in [0.25, 0.3) is 0 Å². The van der Waals surface area contributed by atoms with Gasteiger partial charge < -0.3 is 19.8 Å². The lowest BCUT2D eigenvalue weighted by Crippen LogP contribution is -2.46. The summed E-state index contributed by atoms with van der Waals surface area (Å²) in [6.45, 7) is 4.95. The van der Waals surface area contributed by atoms with E-state index in [1.54, 1.807) is 0 Å². The van der Waals surface area contributed by atoms with Crippen molar-refractivity contribution in [3.05, 3.63) is 0 Å². The van der Waals surface area contributed by atoms with Gasteiger partial charge in [0.2, 0.25) is 5.91 Å². The summed E-state index contributed by atoms with van der Waals surface area (Å²) < 4.78 is 23.8. The maximum absolute atomic E-state index is 13.0. The van der Waals surface area contributed by atoms with Crippen LogP contribution in [0, 0.1) is 0 Å². The van der Waals surface area contributed by atoms with Crippen LogP contribution >= 0.6 is 7.82 Å². The third kappa shape index (κ3) is 55.1. The zero-order valence-electron chi connectivity index (χ0n) is 47.3. The number of rotatable bonds is 58. The molecule has 414 valence electrons. The minimum Gasteiger partial charge on any atom is -0.391 e. The van der Waals surface area contributed by atoms with E-state index in [0.29, 0.717) is 23.9 Å². The van der Waals surface area contributed by atoms with Crippen LogP contribution in [0.25, 0.3) is 0 Å². The van der Waals surface area contributed by atoms with E-state index in [0.717, 1.165) is 38.5 Å². The number of carbonyl (C=O) groups excluding carboxylic acids is 1. The number of phosphoric ester groups is 1. The largest absolute Gasteiger partial charge is 0.472 e. The summed E-state index contributed by atoms with van der Waals surface area (Å²) >= 11 is 0. The Kier molecular flexibility index (Phi) is 52.0. The van der Waals surface area contributed by atoms with Gasteiger partial charge in [-0.05, 0) is 12.8 Å². The van der Waals surface area contributed by atoms with Gasteiger partial charge in [-0.3, -0.25) is 13.8 Å². The summed E-state index contributed by atoms with van der Waals surface area (Å²) in [5, 5.41) is 14.1. The topological polar surface area (TPSA) is 105 Å². The average Bonchev–Trinajstić information content (AvgIpc) is 3.31. The van der Waals surface area contributed by atoms with Gasteiger partial charge in [-0.1, -0.05) is 309 Å². The molecule has 3 N–H and O–H groups in total. The van der Waals surface area contributed by atoms with Crippen LogP contribution in [0.15, 0.2) is 0 Å². The Morgan fingerprint density at radius 3 is 0.971 bits per heavy atom. The fourth-order valence-corrected chi connectivity index (χ4v) is 10.5. The lowest BCUT2D eigenvalue weighted by molar-refractivity contribution is -0.870. The highest BCUT2D eigenvalue weighted by Crippen LogP contribution is 2.43. The van der Waals surface area contributed by atoms with E-state index in [1.165, 1.54) is 263 Å². The molecule has 8 nitrogen and oxygen atoms in total. The number of nitrogens with zero attached hydrogens (tertiary/aromatic N) is 1. The Morgan fingerprint density at radius 2 is 0.696 bits per heavy atom. The van der Waals surface area contributed by atoms with Crippen molar-refractivity contribution in [2.75, 3.05) is 40.9 Å². The molecule has 9 heteroatoms. The van der Waals surface area contributed by atoms with Crippen LogP contribution in [0.5, 0.6) is 0 Å². The van der Waals surface area contributed by atoms with Crippen LogP contribution in [0.4, 0.5) is 0 Å². The molecule has 0 aliphatic carbocycles. The van der Waals surface area contributed by atoms with Crippen molar-refractivity contribution in [2.45, 2.75) is 341 Å². The van der Waals surface area contributed by atoms with Gasteiger partial charge in [-0.2, -0.15) is 0 Å². The number of likely N-dealkylation sites (N-methyl/N-ethyl adjacent to an activating group) is 1. The first kappa shape index (κ1) is 68.5. The molecule has 0 aromatic heterocycles. The molecule has 1 amide bonds. The van der Waals surface area contributed by atoms with Gasteiger partial charge in [-0.15, -0.1) is 0 Å². The fraction of sp³-hybridized carbons (Fsp3) is 0.983. The molecular formula is C60H124N2O6P+. The van der Waals surface area contributed by atoms with Crippen molar-refractivity contribution in [2.24, 2.45) is 0 Å². The second kappa shape index (κ2) is 52.4. The Balaban J connectivity index is 4.07. The predicted molar refractivity (Wildman–Crippen MR) is 300 cm³/mol. The van der Waals surface area contributed by atoms with E-state index in [-0.39, 0.29) is 19.1 Å². The lowest BCUT2D eigenvalue weighted by Gasteiger charge is -2.26. The Bertz CT molecular complexity index is 1090. The number of aliphatic hydroxyl groups is 1. The number of hydrogen-bond acceptors (Lipinski definition) is 5. The van der Waals surface area contributed by atoms with Crippen molar-refractivity contribution in [3.63, 3.8) is 0 Å². The summed E-state index contributed by atoms with van der Waals surface area (Å²) in [5.41, 5.74) is 0. The second-order valence-corrected chi connectivity index (χ2v) is 24.3. The van der Waals surface area contributed by atoms with Crippen LogP contribution in [-0.4, -0.2) is 73.4 Å². The highest BCUT2D eigenvalue weighted by molar-refractivity contribution is 7.47. The van der Waals surface area contributed by atoms with Gasteiger partial charge in [0, 0.05) is 6.42 Å². The Morgan fingerprint density at radius 1 is 0.435 bits per heavy atom. The highest BCUT2D eigenvalue weighted by Gasteiger charge is 2.28. The highest BCUT2D eigenvalue weighted by atomic mass is 31.2. The van der Waals surface area contributed by atoms with Gasteiger partial charge in [-0.25, -0.2) is 4.57 Å². The van der Waals surface area contributed by atoms with Gasteiger partial charge in [0.1, 0.15) is 13.2 Å². The third-order valence-electron chi connectivity index (χ3n) is 14.6. The standard InChI is InChI=1S/C60H123N2O6P/c1-6-8-10-12-14-16-18-20-22-24-26-28-29-30-31-32-34-36-38-40-42-44-46-48-50-52-54-60(64)61-58(57-68-69(65,66)67-56-55-62(3,4)5)59(63)53-51-49-47-45-43-41-39-37-35-33-27-25-23-21-19-17-15-13-11-9-7-2/h58-59,63H,6-57H2,1-5H3,(H-,61,64,65,66)/p+1. The number of nitrogens with one attached hydrogen (secondary N) is 1. The number of carbonyl (C=O) groups is 1. The van der Waals surface area contributed by atoms with Crippen LogP contribution in [-0.2, 0) is 18.4 Å². The fourth-order valence-electron chi connectivity index (χ4n) is 9.76. The molecular weight excluding hydrogens is 876 g/mol. The summed E-state index contributed by atoms with van der Waals surface area (Å²) in [5.74, 6) is -0.135. The van der Waals surface area contributed by atoms with Crippen molar-refractivity contribution in [1.82, 2.24) is 5.32 Å². The number of quaternary nitrogens is 1. The summed E-state index contributed by atoms with van der Waals surface area (Å²) in [7, 11) is 1.64. The van der Waals surface area contributed by atoms with Crippen molar-refractivity contribution in [1.29, 1.82) is 0 Å². The Labute approximate surface area is 431 Å². The molecule has 0 fully saturated rings. The van der Waals surface area contributed by atoms with Crippen molar-refractivity contribution in [3.8, 4) is 0 Å². The molecule has 0 saturated heterocycles. The second-order valence-electron chi connectivity index (χ2n) is 22.8. The van der Waals surface area contributed by atoms with Crippen molar-refractivity contribution < 1.29 is 32.9 Å². The van der Waals surface area contributed by atoms with Crippen LogP contribution in [0.3, 0.4) is 0 Å². The zero-order valence-corrected chi connectivity index (χ0v) is 48.2. The first-order valence-corrected chi connectivity index (χ1v) is 32.4. The summed E-state index contributed by atoms with van der Waals surface area (Å²) in [6, 6.07) is -0.755. The maximum Gasteiger partial charge on any atom is 0.472 e. The predicted octanol–water partition coefficient (Wildman–Crippen LogP) is 18.8. The molecule has 0 aliphatic rings. The van der Waals surface area contributed by atoms with Crippen LogP contribution in [0.2, 0.25) is 0 Å². The third-order valence-corrected chi connectivity index (χ3v) is 15.6. The lowest BCUT2D eigenvalue weighted by atomic mass is 10.0. The number of hydrogen-bond donors (Lipinski definition) is 3. The van der Waals surface area contributed by atoms with Crippen molar-refractivity contribution >= 4 is 13.7 Å². The van der Waals surface area contributed by atoms with E-state index >= 15 is 0 Å². The first-order valence-electron chi connectivity index (χ1n) is 30.9. The maximum atomic E-state index is 13.0. The number of unbranched alkanes of at least 4 members (excludes halogenated alkanes) is 45. The van der Waals surface area contributed by atoms with E-state index < -0.39 is 20.0 Å². The smallest absolute Gasteiger partial charge is 0.391 e. The molecule has 3 atom stereocenters. The van der Waals surface area contributed by atoms with E-state index in [4.69, 9.17) is 9.05 Å². The number of phosphoric acid groups is 1. The van der Waals surface area contributed by atoms with Gasteiger partial charge in [0.15, 0.2) is 0 Å². The van der Waals surface area contributed by atoms with E-state index in [2.05, 4.69) is 19.2 Å². The number of aliphatic hydroxyl groups excluding tert-OH is 1. The molecule has 3 unspecified atom stereocenters. The van der Waals surface area contributed by atoms with Gasteiger partial charge >= 0.3 is 7.82 Å². The quantitative estimate of drug-likeness (QED) is 0.0318. The molecule has 0 aromatic rings. The minimum atomic E-state index is -4.32. The van der Waals surface area contributed by atoms with E-state index in [1.807, 2.05) is 21.1 Å². The molecule has 0 rings (SSSR count). The summed E-state index contributed by atoms with van der Waals surface area (Å²) in [4.78, 5) is 23.4. The molecule has 0 aliphatic heterocycles. The summed E-state index contributed by atoms with van der Waals surface area (Å²) in [6.07, 6.45) is 63.1. The minimum absolute atomic E-state index is 0.0793. The molecule has 0 heterocycles.